The predicted octanol–water partition coefficient (Wildman–Crippen LogP) is 19.2. The van der Waals surface area contributed by atoms with Gasteiger partial charge >= 0.3 is 0 Å². The maximum Gasteiger partial charge on any atom is 0.132 e. The quantitative estimate of drug-likeness (QED) is 0.0458. The standard InChI is InChI=1S/C54H104N/c1-5-8-11-14-17-20-23-26-27-28-29-30-31-34-37-40-43-46-53-47-49-54(50-48-53)55(4,51-44-41-38-35-32-24-21-18-15-12-9-6-2)52-45-42-39-36-33-25-22-19-16-13-10-7-3/h47-50H,5-46,51-52H2,1-4H3/q+1. The van der Waals surface area contributed by atoms with Crippen molar-refractivity contribution in [2.24, 2.45) is 0 Å². The number of unbranched alkanes of at least 4 members (excludes halogenated alkanes) is 38. The molecular formula is C54H104N+. The fourth-order valence-corrected chi connectivity index (χ4v) is 9.05. The van der Waals surface area contributed by atoms with Gasteiger partial charge in [0, 0.05) is 0 Å². The van der Waals surface area contributed by atoms with Crippen LogP contribution in [-0.4, -0.2) is 20.1 Å². The van der Waals surface area contributed by atoms with Gasteiger partial charge in [-0.2, -0.15) is 0 Å². The first-order valence-corrected chi connectivity index (χ1v) is 26.1. The molecule has 0 radical (unpaired) electrons. The van der Waals surface area contributed by atoms with Gasteiger partial charge in [0.05, 0.1) is 20.1 Å². The molecule has 1 nitrogen and oxygen atoms in total. The number of quaternary nitrogens is 1. The Hall–Kier alpha value is -0.820. The summed E-state index contributed by atoms with van der Waals surface area (Å²) in [5.74, 6) is 0. The first-order chi connectivity index (χ1) is 27.2. The zero-order valence-electron chi connectivity index (χ0n) is 38.9. The molecule has 1 rings (SSSR count). The molecule has 0 spiro atoms. The Labute approximate surface area is 349 Å². The van der Waals surface area contributed by atoms with E-state index in [1.165, 1.54) is 283 Å². The van der Waals surface area contributed by atoms with Crippen molar-refractivity contribution in [3.8, 4) is 0 Å². The number of hydrogen-bond acceptors (Lipinski definition) is 0. The first-order valence-electron chi connectivity index (χ1n) is 26.1. The van der Waals surface area contributed by atoms with E-state index in [0.717, 1.165) is 4.48 Å². The van der Waals surface area contributed by atoms with Gasteiger partial charge in [-0.1, -0.05) is 264 Å². The largest absolute Gasteiger partial charge is 0.294 e. The topological polar surface area (TPSA) is 0 Å². The second kappa shape index (κ2) is 41.3. The van der Waals surface area contributed by atoms with E-state index in [0.29, 0.717) is 0 Å². The molecule has 0 N–H and O–H groups in total. The Bertz CT molecular complexity index is 829. The summed E-state index contributed by atoms with van der Waals surface area (Å²) in [7, 11) is 2.56. The van der Waals surface area contributed by atoms with Crippen LogP contribution < -0.4 is 4.48 Å². The van der Waals surface area contributed by atoms with Gasteiger partial charge < -0.3 is 0 Å². The summed E-state index contributed by atoms with van der Waals surface area (Å²) in [6.45, 7) is 9.58. The summed E-state index contributed by atoms with van der Waals surface area (Å²) >= 11 is 0. The third-order valence-electron chi connectivity index (χ3n) is 13.1. The van der Waals surface area contributed by atoms with E-state index < -0.39 is 0 Å². The van der Waals surface area contributed by atoms with Gasteiger partial charge in [0.2, 0.25) is 0 Å². The van der Waals surface area contributed by atoms with Gasteiger partial charge in [-0.25, -0.2) is 0 Å². The Morgan fingerprint density at radius 1 is 0.273 bits per heavy atom. The average molecular weight is 767 g/mol. The van der Waals surface area contributed by atoms with Crippen LogP contribution in [0, 0.1) is 0 Å². The first kappa shape index (κ1) is 52.2. The Balaban J connectivity index is 2.31. The van der Waals surface area contributed by atoms with Crippen LogP contribution in [-0.2, 0) is 6.42 Å². The summed E-state index contributed by atoms with van der Waals surface area (Å²) in [4.78, 5) is 0. The molecule has 0 aliphatic rings. The average Bonchev–Trinajstić information content (AvgIpc) is 3.20. The molecule has 0 fully saturated rings. The zero-order valence-corrected chi connectivity index (χ0v) is 38.9. The molecule has 0 saturated heterocycles. The lowest BCUT2D eigenvalue weighted by molar-refractivity contribution is 0.310. The number of rotatable bonds is 45. The molecule has 0 aliphatic heterocycles. The minimum Gasteiger partial charge on any atom is -0.294 e. The van der Waals surface area contributed by atoms with Gasteiger partial charge in [-0.15, -0.1) is 0 Å². The number of aryl methyl sites for hydroxylation is 1. The second-order valence-electron chi connectivity index (χ2n) is 18.7. The van der Waals surface area contributed by atoms with Gasteiger partial charge in [0.15, 0.2) is 0 Å². The van der Waals surface area contributed by atoms with Crippen LogP contribution in [0.25, 0.3) is 0 Å². The monoisotopic (exact) mass is 767 g/mol. The van der Waals surface area contributed by atoms with E-state index in [-0.39, 0.29) is 0 Å². The van der Waals surface area contributed by atoms with Crippen molar-refractivity contribution in [2.75, 3.05) is 20.1 Å². The minimum absolute atomic E-state index is 1.15. The van der Waals surface area contributed by atoms with E-state index >= 15 is 0 Å². The van der Waals surface area contributed by atoms with Gasteiger partial charge in [0.25, 0.3) is 0 Å². The molecule has 324 valence electrons. The SMILES string of the molecule is CCCCCCCCCCCCCCCCCCCc1ccc([N+](C)(CCCCCCCCCCCCCC)CCCCCCCCCCCCCC)cc1. The van der Waals surface area contributed by atoms with Gasteiger partial charge in [0.1, 0.15) is 5.69 Å². The highest BCUT2D eigenvalue weighted by Crippen LogP contribution is 2.26. The third-order valence-corrected chi connectivity index (χ3v) is 13.1. The van der Waals surface area contributed by atoms with E-state index in [9.17, 15) is 0 Å². The van der Waals surface area contributed by atoms with Crippen LogP contribution in [0.3, 0.4) is 0 Å². The molecule has 0 atom stereocenters. The summed E-state index contributed by atoms with van der Waals surface area (Å²) in [5, 5.41) is 0. The molecule has 0 saturated carbocycles. The lowest BCUT2D eigenvalue weighted by atomic mass is 10.0. The molecule has 55 heavy (non-hydrogen) atoms. The zero-order chi connectivity index (χ0) is 39.6. The molecule has 0 heterocycles. The Kier molecular flexibility index (Phi) is 39.2. The molecule has 0 aliphatic carbocycles. The van der Waals surface area contributed by atoms with Crippen LogP contribution in [0.4, 0.5) is 5.69 Å². The highest BCUT2D eigenvalue weighted by molar-refractivity contribution is 5.44. The Morgan fingerprint density at radius 2 is 0.491 bits per heavy atom. The normalized spacial score (nSPS) is 11.9. The van der Waals surface area contributed by atoms with Crippen molar-refractivity contribution in [2.45, 2.75) is 290 Å². The molecule has 0 unspecified atom stereocenters. The predicted molar refractivity (Wildman–Crippen MR) is 254 cm³/mol. The third kappa shape index (κ3) is 33.8. The van der Waals surface area contributed by atoms with E-state index in [2.05, 4.69) is 52.1 Å². The van der Waals surface area contributed by atoms with Crippen LogP contribution in [0.2, 0.25) is 0 Å². The lowest BCUT2D eigenvalue weighted by Gasteiger charge is -2.34. The Morgan fingerprint density at radius 3 is 0.745 bits per heavy atom. The molecule has 1 heteroatoms. The van der Waals surface area contributed by atoms with Crippen LogP contribution >= 0.6 is 0 Å². The molecule has 1 aromatic carbocycles. The van der Waals surface area contributed by atoms with E-state index in [1.54, 1.807) is 11.3 Å². The molecule has 0 amide bonds. The number of benzene rings is 1. The summed E-state index contributed by atoms with van der Waals surface area (Å²) in [6.07, 6.45) is 60.4. The number of nitrogens with zero attached hydrogens (tertiary/aromatic N) is 1. The summed E-state index contributed by atoms with van der Waals surface area (Å²) in [6, 6.07) is 10.0. The van der Waals surface area contributed by atoms with Crippen LogP contribution in [0.5, 0.6) is 0 Å². The molecule has 1 aromatic rings. The molecular weight excluding hydrogens is 663 g/mol. The van der Waals surface area contributed by atoms with Gasteiger partial charge in [-0.05, 0) is 56.2 Å². The fourth-order valence-electron chi connectivity index (χ4n) is 9.05. The van der Waals surface area contributed by atoms with Crippen molar-refractivity contribution in [1.29, 1.82) is 0 Å². The summed E-state index contributed by atoms with van der Waals surface area (Å²) < 4.78 is 1.15. The lowest BCUT2D eigenvalue weighted by Crippen LogP contribution is -2.46. The molecule has 0 aromatic heterocycles. The van der Waals surface area contributed by atoms with E-state index in [4.69, 9.17) is 0 Å². The van der Waals surface area contributed by atoms with Crippen molar-refractivity contribution in [1.82, 2.24) is 4.48 Å². The van der Waals surface area contributed by atoms with Crippen molar-refractivity contribution in [3.63, 3.8) is 0 Å². The fraction of sp³-hybridized carbons (Fsp3) is 0.889. The van der Waals surface area contributed by atoms with Crippen molar-refractivity contribution >= 4 is 5.69 Å². The van der Waals surface area contributed by atoms with Crippen LogP contribution in [0.1, 0.15) is 290 Å². The van der Waals surface area contributed by atoms with Crippen molar-refractivity contribution < 1.29 is 0 Å². The van der Waals surface area contributed by atoms with Crippen LogP contribution in [0.15, 0.2) is 24.3 Å². The molecule has 0 bridgehead atoms. The smallest absolute Gasteiger partial charge is 0.132 e. The van der Waals surface area contributed by atoms with Gasteiger partial charge in [-0.3, -0.25) is 4.48 Å². The highest BCUT2D eigenvalue weighted by Gasteiger charge is 2.24. The summed E-state index contributed by atoms with van der Waals surface area (Å²) in [5.41, 5.74) is 3.13. The highest BCUT2D eigenvalue weighted by atomic mass is 15.3. The maximum absolute atomic E-state index is 2.56. The minimum atomic E-state index is 1.15. The second-order valence-corrected chi connectivity index (χ2v) is 18.7. The van der Waals surface area contributed by atoms with Crippen molar-refractivity contribution in [3.05, 3.63) is 29.8 Å². The number of hydrogen-bond donors (Lipinski definition) is 0. The van der Waals surface area contributed by atoms with E-state index in [1.807, 2.05) is 0 Å². The maximum atomic E-state index is 2.56.